The van der Waals surface area contributed by atoms with Gasteiger partial charge in [-0.3, -0.25) is 14.6 Å². The van der Waals surface area contributed by atoms with Crippen molar-refractivity contribution in [2.45, 2.75) is 13.5 Å². The molecule has 2 aliphatic heterocycles. The van der Waals surface area contributed by atoms with Gasteiger partial charge in [-0.1, -0.05) is 23.5 Å². The van der Waals surface area contributed by atoms with Crippen LogP contribution in [0.2, 0.25) is 0 Å². The number of thiazole rings is 1. The first-order chi connectivity index (χ1) is 14.6. The average molecular weight is 425 g/mol. The van der Waals surface area contributed by atoms with Crippen molar-refractivity contribution in [1.29, 1.82) is 0 Å². The third kappa shape index (κ3) is 4.26. The first-order valence-electron chi connectivity index (χ1n) is 10.1. The second-order valence-electron chi connectivity index (χ2n) is 7.78. The molecule has 7 nitrogen and oxygen atoms in total. The van der Waals surface area contributed by atoms with E-state index < -0.39 is 0 Å². The third-order valence-electron chi connectivity index (χ3n) is 5.46. The average Bonchev–Trinajstić information content (AvgIpc) is 3.34. The topological polar surface area (TPSA) is 66.9 Å². The van der Waals surface area contributed by atoms with Crippen LogP contribution in [-0.4, -0.2) is 60.2 Å². The van der Waals surface area contributed by atoms with Crippen molar-refractivity contribution >= 4 is 32.6 Å². The van der Waals surface area contributed by atoms with E-state index in [0.717, 1.165) is 54.4 Å². The Kier molecular flexibility index (Phi) is 5.28. The van der Waals surface area contributed by atoms with Crippen molar-refractivity contribution in [2.24, 2.45) is 0 Å². The largest absolute Gasteiger partial charge is 0.454 e. The maximum Gasteiger partial charge on any atom is 0.240 e. The Labute approximate surface area is 179 Å². The van der Waals surface area contributed by atoms with Gasteiger partial charge in [-0.15, -0.1) is 0 Å². The van der Waals surface area contributed by atoms with Gasteiger partial charge >= 0.3 is 0 Å². The second kappa shape index (κ2) is 8.22. The van der Waals surface area contributed by atoms with Crippen molar-refractivity contribution in [3.63, 3.8) is 0 Å². The van der Waals surface area contributed by atoms with Gasteiger partial charge in [-0.05, 0) is 42.3 Å². The van der Waals surface area contributed by atoms with Gasteiger partial charge in [0.1, 0.15) is 0 Å². The molecule has 0 spiro atoms. The Morgan fingerprint density at radius 1 is 1.07 bits per heavy atom. The lowest BCUT2D eigenvalue weighted by Crippen LogP contribution is -2.48. The number of fused-ring (bicyclic) bond motifs is 2. The normalized spacial score (nSPS) is 16.8. The van der Waals surface area contributed by atoms with Crippen LogP contribution in [-0.2, 0) is 11.3 Å². The molecule has 2 aromatic carbocycles. The summed E-state index contributed by atoms with van der Waals surface area (Å²) >= 11 is 1.52. The molecule has 8 heteroatoms. The number of amides is 1. The van der Waals surface area contributed by atoms with Crippen LogP contribution in [0.25, 0.3) is 10.2 Å². The number of nitrogens with zero attached hydrogens (tertiary/aromatic N) is 3. The number of ether oxygens (including phenoxy) is 2. The maximum absolute atomic E-state index is 12.5. The summed E-state index contributed by atoms with van der Waals surface area (Å²) in [6.07, 6.45) is 0. The minimum Gasteiger partial charge on any atom is -0.454 e. The molecule has 1 amide bonds. The number of hydrogen-bond donors (Lipinski definition) is 1. The van der Waals surface area contributed by atoms with Gasteiger partial charge in [0, 0.05) is 32.7 Å². The highest BCUT2D eigenvalue weighted by atomic mass is 32.1. The summed E-state index contributed by atoms with van der Waals surface area (Å²) in [5, 5.41) is 3.63. The Morgan fingerprint density at radius 3 is 2.73 bits per heavy atom. The van der Waals surface area contributed by atoms with Crippen LogP contribution in [0.15, 0.2) is 36.4 Å². The molecular weight excluding hydrogens is 400 g/mol. The number of benzene rings is 2. The third-order valence-corrected chi connectivity index (χ3v) is 6.42. The van der Waals surface area contributed by atoms with Gasteiger partial charge in [0.05, 0.1) is 16.8 Å². The number of carbonyl (C=O) groups is 1. The summed E-state index contributed by atoms with van der Waals surface area (Å²) in [5.41, 5.74) is 3.33. The van der Waals surface area contributed by atoms with Crippen molar-refractivity contribution in [2.75, 3.05) is 44.8 Å². The quantitative estimate of drug-likeness (QED) is 0.679. The fourth-order valence-corrected chi connectivity index (χ4v) is 4.72. The molecule has 5 rings (SSSR count). The first kappa shape index (κ1) is 19.3. The molecule has 1 saturated heterocycles. The number of nitrogens with one attached hydrogen (secondary N) is 1. The van der Waals surface area contributed by atoms with E-state index in [1.807, 2.05) is 19.1 Å². The lowest BCUT2D eigenvalue weighted by molar-refractivity contribution is -0.117. The second-order valence-corrected chi connectivity index (χ2v) is 8.81. The molecule has 1 N–H and O–H groups in total. The van der Waals surface area contributed by atoms with Crippen molar-refractivity contribution in [1.82, 2.24) is 14.8 Å². The van der Waals surface area contributed by atoms with Crippen LogP contribution < -0.4 is 14.8 Å². The molecule has 1 fully saturated rings. The Morgan fingerprint density at radius 2 is 1.87 bits per heavy atom. The van der Waals surface area contributed by atoms with Crippen LogP contribution in [0, 0.1) is 6.92 Å². The molecular formula is C22H24N4O3S. The lowest BCUT2D eigenvalue weighted by Gasteiger charge is -2.34. The summed E-state index contributed by atoms with van der Waals surface area (Å²) in [5.74, 6) is 1.64. The first-order valence-corrected chi connectivity index (χ1v) is 10.9. The van der Waals surface area contributed by atoms with Gasteiger partial charge < -0.3 is 14.8 Å². The number of hydrogen-bond acceptors (Lipinski definition) is 7. The number of rotatable bonds is 5. The smallest absolute Gasteiger partial charge is 0.240 e. The van der Waals surface area contributed by atoms with Crippen LogP contribution in [0.4, 0.5) is 5.13 Å². The minimum absolute atomic E-state index is 0.00463. The number of aromatic nitrogens is 1. The fourth-order valence-electron chi connectivity index (χ4n) is 3.86. The van der Waals surface area contributed by atoms with Gasteiger partial charge in [0.2, 0.25) is 12.7 Å². The molecule has 3 heterocycles. The van der Waals surface area contributed by atoms with E-state index >= 15 is 0 Å². The molecule has 0 unspecified atom stereocenters. The van der Waals surface area contributed by atoms with E-state index in [9.17, 15) is 4.79 Å². The van der Waals surface area contributed by atoms with Crippen LogP contribution >= 0.6 is 11.3 Å². The Bertz CT molecular complexity index is 1080. The minimum atomic E-state index is -0.00463. The van der Waals surface area contributed by atoms with Crippen molar-refractivity contribution in [3.8, 4) is 11.5 Å². The molecule has 3 aromatic rings. The molecule has 2 aliphatic rings. The molecule has 0 radical (unpaired) electrons. The van der Waals surface area contributed by atoms with Crippen LogP contribution in [0.5, 0.6) is 11.5 Å². The van der Waals surface area contributed by atoms with Crippen molar-refractivity contribution in [3.05, 3.63) is 47.5 Å². The van der Waals surface area contributed by atoms with Gasteiger partial charge in [0.25, 0.3) is 0 Å². The zero-order valence-corrected chi connectivity index (χ0v) is 17.7. The SMILES string of the molecule is Cc1ccc2sc(NC(=O)CN3CCN(Cc4ccc5c(c4)OCO5)CC3)nc2c1. The molecule has 1 aromatic heterocycles. The predicted molar refractivity (Wildman–Crippen MR) is 117 cm³/mol. The predicted octanol–water partition coefficient (Wildman–Crippen LogP) is 3.09. The zero-order valence-electron chi connectivity index (χ0n) is 16.9. The van der Waals surface area contributed by atoms with E-state index in [-0.39, 0.29) is 5.91 Å². The Hall–Kier alpha value is -2.68. The monoisotopic (exact) mass is 424 g/mol. The van der Waals surface area contributed by atoms with Crippen LogP contribution in [0.1, 0.15) is 11.1 Å². The summed E-state index contributed by atoms with van der Waals surface area (Å²) in [6.45, 7) is 7.23. The van der Waals surface area contributed by atoms with Gasteiger partial charge in [-0.2, -0.15) is 0 Å². The summed E-state index contributed by atoms with van der Waals surface area (Å²) in [7, 11) is 0. The van der Waals surface area contributed by atoms with E-state index in [1.54, 1.807) is 0 Å². The Balaban J connectivity index is 1.11. The van der Waals surface area contributed by atoms with E-state index in [4.69, 9.17) is 9.47 Å². The van der Waals surface area contributed by atoms with E-state index in [2.05, 4.69) is 44.4 Å². The number of piperazine rings is 1. The summed E-state index contributed by atoms with van der Waals surface area (Å²) in [4.78, 5) is 21.6. The van der Waals surface area contributed by atoms with Gasteiger partial charge in [-0.25, -0.2) is 4.98 Å². The standard InChI is InChI=1S/C22H24N4O3S/c1-15-2-5-20-17(10-15)23-22(30-20)24-21(27)13-26-8-6-25(7-9-26)12-16-3-4-18-19(11-16)29-14-28-18/h2-5,10-11H,6-9,12-14H2,1H3,(H,23,24,27). The maximum atomic E-state index is 12.5. The van der Waals surface area contributed by atoms with E-state index in [0.29, 0.717) is 18.5 Å². The summed E-state index contributed by atoms with van der Waals surface area (Å²) < 4.78 is 11.9. The van der Waals surface area contributed by atoms with E-state index in [1.165, 1.54) is 22.5 Å². The molecule has 156 valence electrons. The van der Waals surface area contributed by atoms with Crippen molar-refractivity contribution < 1.29 is 14.3 Å². The summed E-state index contributed by atoms with van der Waals surface area (Å²) in [6, 6.07) is 12.3. The molecule has 0 aliphatic carbocycles. The molecule has 0 bridgehead atoms. The van der Waals surface area contributed by atoms with Crippen LogP contribution in [0.3, 0.4) is 0 Å². The molecule has 0 atom stereocenters. The number of anilines is 1. The highest BCUT2D eigenvalue weighted by Crippen LogP contribution is 2.33. The lowest BCUT2D eigenvalue weighted by atomic mass is 10.1. The molecule has 0 saturated carbocycles. The highest BCUT2D eigenvalue weighted by molar-refractivity contribution is 7.22. The zero-order chi connectivity index (χ0) is 20.5. The fraction of sp³-hybridized carbons (Fsp3) is 0.364. The van der Waals surface area contributed by atoms with Gasteiger partial charge in [0.15, 0.2) is 16.6 Å². The molecule has 30 heavy (non-hydrogen) atoms. The highest BCUT2D eigenvalue weighted by Gasteiger charge is 2.21. The number of carbonyl (C=O) groups excluding carboxylic acids is 1. The number of aryl methyl sites for hydroxylation is 1.